The van der Waals surface area contributed by atoms with Crippen LogP contribution in [0, 0.1) is 49.4 Å². The van der Waals surface area contributed by atoms with E-state index in [1.807, 2.05) is 38.1 Å². The minimum absolute atomic E-state index is 0.125. The Morgan fingerprint density at radius 2 is 1.14 bits per heavy atom. The second-order valence-electron chi connectivity index (χ2n) is 10.1. The minimum atomic E-state index is -0.921. The lowest BCUT2D eigenvalue weighted by Crippen LogP contribution is -2.53. The molecule has 4 amide bonds. The average molecular weight is 499 g/mol. The first-order chi connectivity index (χ1) is 17.8. The molecular formula is C29H26N2O6. The van der Waals surface area contributed by atoms with Crippen molar-refractivity contribution in [2.45, 2.75) is 20.8 Å². The van der Waals surface area contributed by atoms with Crippen LogP contribution in [-0.2, 0) is 28.7 Å². The molecule has 2 bridgehead atoms. The number of hydrogen-bond acceptors (Lipinski definition) is 6. The summed E-state index contributed by atoms with van der Waals surface area (Å²) in [6.07, 6.45) is 1.63. The van der Waals surface area contributed by atoms with Gasteiger partial charge in [0.05, 0.1) is 41.7 Å². The lowest BCUT2D eigenvalue weighted by atomic mass is 9.52. The van der Waals surface area contributed by atoms with Crippen molar-refractivity contribution in [3.05, 3.63) is 71.3 Å². The van der Waals surface area contributed by atoms with E-state index in [1.54, 1.807) is 37.3 Å². The van der Waals surface area contributed by atoms with Crippen molar-refractivity contribution >= 4 is 41.0 Å². The van der Waals surface area contributed by atoms with Crippen LogP contribution >= 0.6 is 0 Å². The third-order valence-electron chi connectivity index (χ3n) is 8.35. The van der Waals surface area contributed by atoms with Crippen LogP contribution in [0.25, 0.3) is 0 Å². The van der Waals surface area contributed by atoms with E-state index in [2.05, 4.69) is 0 Å². The van der Waals surface area contributed by atoms with E-state index in [-0.39, 0.29) is 12.2 Å². The van der Waals surface area contributed by atoms with Crippen LogP contribution in [0.3, 0.4) is 0 Å². The predicted molar refractivity (Wildman–Crippen MR) is 133 cm³/mol. The summed E-state index contributed by atoms with van der Waals surface area (Å²) < 4.78 is 5.29. The topological polar surface area (TPSA) is 101 Å². The first-order valence-electron chi connectivity index (χ1n) is 12.5. The molecule has 0 radical (unpaired) electrons. The van der Waals surface area contributed by atoms with Gasteiger partial charge < -0.3 is 4.74 Å². The molecule has 3 aliphatic carbocycles. The Kier molecular flexibility index (Phi) is 5.19. The van der Waals surface area contributed by atoms with E-state index < -0.39 is 65.1 Å². The Labute approximate surface area is 213 Å². The lowest BCUT2D eigenvalue weighted by molar-refractivity contribution is -0.146. The molecule has 7 rings (SSSR count). The molecule has 0 N–H and O–H groups in total. The van der Waals surface area contributed by atoms with Crippen LogP contribution < -0.4 is 9.80 Å². The van der Waals surface area contributed by atoms with Gasteiger partial charge >= 0.3 is 5.97 Å². The van der Waals surface area contributed by atoms with Gasteiger partial charge in [-0.15, -0.1) is 0 Å². The maximum Gasteiger partial charge on any atom is 0.334 e. The fraction of sp³-hybridized carbons (Fsp3) is 0.345. The molecule has 2 aromatic rings. The Morgan fingerprint density at radius 3 is 1.57 bits per heavy atom. The maximum absolute atomic E-state index is 13.9. The molecule has 0 aromatic heterocycles. The van der Waals surface area contributed by atoms with Crippen molar-refractivity contribution in [2.24, 2.45) is 35.5 Å². The summed E-state index contributed by atoms with van der Waals surface area (Å²) in [5.41, 5.74) is 2.69. The van der Waals surface area contributed by atoms with Crippen molar-refractivity contribution in [3.8, 4) is 0 Å². The highest BCUT2D eigenvalue weighted by Gasteiger charge is 2.71. The van der Waals surface area contributed by atoms with Gasteiger partial charge in [0, 0.05) is 17.4 Å². The number of esters is 1. The van der Waals surface area contributed by atoms with E-state index in [9.17, 15) is 24.0 Å². The largest absolute Gasteiger partial charge is 0.463 e. The number of carbonyl (C=O) groups is 5. The van der Waals surface area contributed by atoms with Crippen molar-refractivity contribution in [2.75, 3.05) is 16.4 Å². The molecule has 0 spiro atoms. The molecule has 1 saturated carbocycles. The summed E-state index contributed by atoms with van der Waals surface area (Å²) >= 11 is 0. The van der Waals surface area contributed by atoms with Gasteiger partial charge in [-0.3, -0.25) is 19.2 Å². The Morgan fingerprint density at radius 1 is 0.703 bits per heavy atom. The number of benzene rings is 2. The number of nitrogens with zero attached hydrogens (tertiary/aromatic N) is 2. The third kappa shape index (κ3) is 3.04. The first-order valence-corrected chi connectivity index (χ1v) is 12.5. The fourth-order valence-corrected chi connectivity index (χ4v) is 6.87. The molecule has 8 nitrogen and oxygen atoms in total. The highest BCUT2D eigenvalue weighted by molar-refractivity contribution is 6.27. The number of allylic oxidation sites excluding steroid dienone is 1. The summed E-state index contributed by atoms with van der Waals surface area (Å²) in [6, 6.07) is 14.2. The van der Waals surface area contributed by atoms with E-state index in [0.29, 0.717) is 11.4 Å². The quantitative estimate of drug-likeness (QED) is 0.475. The van der Waals surface area contributed by atoms with E-state index >= 15 is 0 Å². The molecule has 8 heteroatoms. The molecule has 3 fully saturated rings. The van der Waals surface area contributed by atoms with Gasteiger partial charge in [0.25, 0.3) is 0 Å². The zero-order valence-corrected chi connectivity index (χ0v) is 20.7. The molecule has 6 atom stereocenters. The SMILES string of the molecule is CCOC(=O)C1=CC2[C@H]3C(=O)N(c4ccccc4C)C(=O)[C@@H]3C1[C@@H]1C(=O)N(c3ccccc3C)C(=O)[C@H]21. The van der Waals surface area contributed by atoms with E-state index in [4.69, 9.17) is 4.74 Å². The molecule has 2 unspecified atom stereocenters. The van der Waals surface area contributed by atoms with Gasteiger partial charge in [0.1, 0.15) is 0 Å². The Balaban J connectivity index is 1.49. The van der Waals surface area contributed by atoms with Crippen molar-refractivity contribution in [3.63, 3.8) is 0 Å². The number of hydrogen-bond donors (Lipinski definition) is 0. The van der Waals surface area contributed by atoms with Crippen LogP contribution in [0.2, 0.25) is 0 Å². The average Bonchev–Trinajstić information content (AvgIpc) is 3.31. The van der Waals surface area contributed by atoms with Crippen LogP contribution in [0.15, 0.2) is 60.2 Å². The zero-order valence-electron chi connectivity index (χ0n) is 20.7. The Hall–Kier alpha value is -4.07. The van der Waals surface area contributed by atoms with Crippen LogP contribution in [0.1, 0.15) is 18.1 Å². The molecule has 2 aliphatic heterocycles. The van der Waals surface area contributed by atoms with E-state index in [0.717, 1.165) is 11.1 Å². The summed E-state index contributed by atoms with van der Waals surface area (Å²) in [5.74, 6) is -7.48. The van der Waals surface area contributed by atoms with Crippen molar-refractivity contribution in [1.82, 2.24) is 0 Å². The maximum atomic E-state index is 13.9. The van der Waals surface area contributed by atoms with Crippen LogP contribution in [0.4, 0.5) is 11.4 Å². The lowest BCUT2D eigenvalue weighted by Gasteiger charge is -2.46. The standard InChI is InChI=1S/C29H26N2O6/c1-4-37-29(36)17-13-16-21-23(27(34)30(25(21)32)18-11-7-5-9-14(18)2)20(17)24-22(16)26(33)31(28(24)35)19-12-8-6-10-15(19)3/h5-13,16,20-24H,4H2,1-3H3/t16?,20?,21-,22-,23-,24+/m1/s1. The van der Waals surface area contributed by atoms with Gasteiger partial charge in [-0.2, -0.15) is 0 Å². The first kappa shape index (κ1) is 23.3. The molecule has 2 aromatic carbocycles. The molecule has 37 heavy (non-hydrogen) atoms. The summed E-state index contributed by atoms with van der Waals surface area (Å²) in [7, 11) is 0. The second-order valence-corrected chi connectivity index (χ2v) is 10.1. The third-order valence-corrected chi connectivity index (χ3v) is 8.35. The molecule has 2 heterocycles. The number of carbonyl (C=O) groups excluding carboxylic acids is 5. The fourth-order valence-electron chi connectivity index (χ4n) is 6.87. The second kappa shape index (κ2) is 8.23. The van der Waals surface area contributed by atoms with Gasteiger partial charge in [-0.05, 0) is 44.0 Å². The zero-order chi connectivity index (χ0) is 26.2. The number of anilines is 2. The number of aryl methyl sites for hydroxylation is 2. The highest BCUT2D eigenvalue weighted by atomic mass is 16.5. The number of para-hydroxylation sites is 2. The van der Waals surface area contributed by atoms with Crippen molar-refractivity contribution < 1.29 is 28.7 Å². The van der Waals surface area contributed by atoms with Crippen LogP contribution in [-0.4, -0.2) is 36.2 Å². The molecule has 2 saturated heterocycles. The molecule has 5 aliphatic rings. The normalized spacial score (nSPS) is 30.0. The number of amides is 4. The van der Waals surface area contributed by atoms with Gasteiger partial charge in [0.2, 0.25) is 23.6 Å². The number of imide groups is 2. The monoisotopic (exact) mass is 498 g/mol. The number of rotatable bonds is 4. The summed E-state index contributed by atoms with van der Waals surface area (Å²) in [5, 5.41) is 0. The van der Waals surface area contributed by atoms with E-state index in [1.165, 1.54) is 9.80 Å². The van der Waals surface area contributed by atoms with Gasteiger partial charge in [-0.1, -0.05) is 42.5 Å². The summed E-state index contributed by atoms with van der Waals surface area (Å²) in [4.78, 5) is 70.9. The smallest absolute Gasteiger partial charge is 0.334 e. The summed E-state index contributed by atoms with van der Waals surface area (Å²) in [6.45, 7) is 5.44. The van der Waals surface area contributed by atoms with Crippen molar-refractivity contribution in [1.29, 1.82) is 0 Å². The molecule has 188 valence electrons. The molecular weight excluding hydrogens is 472 g/mol. The van der Waals surface area contributed by atoms with Gasteiger partial charge in [0.15, 0.2) is 0 Å². The van der Waals surface area contributed by atoms with Crippen LogP contribution in [0.5, 0.6) is 0 Å². The number of ether oxygens (including phenoxy) is 1. The minimum Gasteiger partial charge on any atom is -0.463 e. The van der Waals surface area contributed by atoms with Gasteiger partial charge in [-0.25, -0.2) is 14.6 Å². The highest BCUT2D eigenvalue weighted by Crippen LogP contribution is 2.61. The Bertz CT molecular complexity index is 1340. The predicted octanol–water partition coefficient (Wildman–Crippen LogP) is 2.96.